The Kier molecular flexibility index (Phi) is 22.6. The molecule has 5 nitrogen and oxygen atoms in total. The maximum atomic E-state index is 9.87. The van der Waals surface area contributed by atoms with E-state index in [2.05, 4.69) is 180 Å². The van der Waals surface area contributed by atoms with Crippen LogP contribution < -0.4 is 36.6 Å². The summed E-state index contributed by atoms with van der Waals surface area (Å²) in [6.45, 7) is 3.97. The first-order chi connectivity index (χ1) is 30.0. The van der Waals surface area contributed by atoms with Crippen molar-refractivity contribution in [1.82, 2.24) is 9.97 Å². The van der Waals surface area contributed by atoms with Crippen LogP contribution in [-0.4, -0.2) is 26.3 Å². The molecule has 2 aromatic heterocycles. The van der Waals surface area contributed by atoms with E-state index in [0.717, 1.165) is 34.3 Å². The molecule has 0 amide bonds. The monoisotopic (exact) mass is 1050 g/mol. The Hall–Kier alpha value is -4.69. The second-order valence-electron chi connectivity index (χ2n) is 13.4. The van der Waals surface area contributed by atoms with Crippen LogP contribution in [0.15, 0.2) is 206 Å². The van der Waals surface area contributed by atoms with Crippen LogP contribution in [0, 0.1) is 13.8 Å². The van der Waals surface area contributed by atoms with Gasteiger partial charge in [-0.25, -0.2) is 0 Å². The Morgan fingerprint density at radius 3 is 0.909 bits per heavy atom. The fraction of sp³-hybridized carbons (Fsp3) is 0.0612. The molecule has 0 aliphatic heterocycles. The number of nitrogens with zero attached hydrogens (tertiary/aromatic N) is 2. The Balaban J connectivity index is 0.000000458. The van der Waals surface area contributed by atoms with Gasteiger partial charge in [0.2, 0.25) is 0 Å². The first-order valence-electron chi connectivity index (χ1n) is 19.2. The minimum absolute atomic E-state index is 0. The van der Waals surface area contributed by atoms with Gasteiger partial charge in [0.15, 0.2) is 0 Å². The molecule has 352 valence electrons. The van der Waals surface area contributed by atoms with E-state index >= 15 is 0 Å². The molecule has 66 heavy (non-hydrogen) atoms. The Bertz CT molecular complexity index is 2400. The molecular formula is C49H46Cl2CuF6N2O3P3. The van der Waals surface area contributed by atoms with Crippen molar-refractivity contribution < 1.29 is 57.9 Å². The van der Waals surface area contributed by atoms with E-state index in [4.69, 9.17) is 27.9 Å². The fourth-order valence-electron chi connectivity index (χ4n) is 6.11. The van der Waals surface area contributed by atoms with Crippen LogP contribution in [0.4, 0.5) is 25.2 Å². The molecule has 17 heteroatoms. The second kappa shape index (κ2) is 26.0. The molecule has 4 N–H and O–H groups in total. The minimum Gasteiger partial charge on any atom is -0.456 e. The summed E-state index contributed by atoms with van der Waals surface area (Å²) in [7, 11) is -12.2. The first kappa shape index (κ1) is 57.4. The summed E-state index contributed by atoms with van der Waals surface area (Å²) in [6, 6.07) is 72.1. The normalized spacial score (nSPS) is 11.4. The van der Waals surface area contributed by atoms with E-state index in [9.17, 15) is 25.2 Å². The van der Waals surface area contributed by atoms with Crippen molar-refractivity contribution in [2.75, 3.05) is 5.34 Å². The second-order valence-corrected chi connectivity index (χ2v) is 20.5. The number of ether oxygens (including phenoxy) is 1. The Labute approximate surface area is 404 Å². The summed E-state index contributed by atoms with van der Waals surface area (Å²) in [6.07, 6.45) is 0. The number of alkyl halides is 2. The van der Waals surface area contributed by atoms with Gasteiger partial charge in [0, 0.05) is 22.0 Å². The molecule has 0 unspecified atom stereocenters. The first-order valence-corrected chi connectivity index (χ1v) is 25.0. The van der Waals surface area contributed by atoms with Gasteiger partial charge in [0.25, 0.3) is 0 Å². The van der Waals surface area contributed by atoms with Crippen molar-refractivity contribution in [3.05, 3.63) is 218 Å². The number of aryl methyl sites for hydroxylation is 2. The van der Waals surface area contributed by atoms with E-state index in [1.165, 1.54) is 31.8 Å². The van der Waals surface area contributed by atoms with E-state index in [0.29, 0.717) is 0 Å². The van der Waals surface area contributed by atoms with Crippen molar-refractivity contribution in [2.24, 2.45) is 0 Å². The fourth-order valence-corrected chi connectivity index (χ4v) is 10.9. The van der Waals surface area contributed by atoms with Gasteiger partial charge < -0.3 is 15.7 Å². The summed E-state index contributed by atoms with van der Waals surface area (Å²) in [5.74, 6) is 1.81. The molecule has 0 spiro atoms. The van der Waals surface area contributed by atoms with Crippen LogP contribution >= 0.6 is 46.9 Å². The van der Waals surface area contributed by atoms with Gasteiger partial charge in [0.05, 0.1) is 16.7 Å². The molecule has 0 aliphatic rings. The molecule has 0 saturated heterocycles. The molecule has 0 atom stereocenters. The number of pyridine rings is 2. The van der Waals surface area contributed by atoms with Gasteiger partial charge in [-0.2, -0.15) is 0 Å². The SMILES string of the molecule is Cc1cccc(-c2cccc(C)n2)n1.ClCCl.F[P-](F)(F)(F)(F)F.O.O.[Cu+].c1ccc(P(c2ccccc2)c2ccccc2Oc2ccccc2P(c2ccccc2)c2ccccc2)cc1. The van der Waals surface area contributed by atoms with Gasteiger partial charge in [0.1, 0.15) is 11.5 Å². The van der Waals surface area contributed by atoms with Crippen molar-refractivity contribution in [1.29, 1.82) is 0 Å². The van der Waals surface area contributed by atoms with Gasteiger partial charge in [-0.15, -0.1) is 23.2 Å². The topological polar surface area (TPSA) is 98.0 Å². The molecule has 0 bridgehead atoms. The summed E-state index contributed by atoms with van der Waals surface area (Å²) in [5, 5.41) is 7.84. The maximum absolute atomic E-state index is 10.7. The molecule has 0 radical (unpaired) electrons. The minimum atomic E-state index is -10.7. The van der Waals surface area contributed by atoms with Crippen molar-refractivity contribution in [3.63, 3.8) is 0 Å². The quantitative estimate of drug-likeness (QED) is 0.0623. The summed E-state index contributed by atoms with van der Waals surface area (Å²) in [5.41, 5.74) is 3.92. The zero-order chi connectivity index (χ0) is 45.4. The molecule has 8 aromatic rings. The van der Waals surface area contributed by atoms with Crippen LogP contribution in [-0.2, 0) is 17.1 Å². The third kappa shape index (κ3) is 19.6. The van der Waals surface area contributed by atoms with E-state index in [-0.39, 0.29) is 33.4 Å². The predicted octanol–water partition coefficient (Wildman–Crippen LogP) is 12.9. The third-order valence-corrected chi connectivity index (χ3v) is 13.5. The molecule has 6 aromatic carbocycles. The van der Waals surface area contributed by atoms with Crippen molar-refractivity contribution in [2.45, 2.75) is 13.8 Å². The van der Waals surface area contributed by atoms with E-state index in [1.807, 2.05) is 50.2 Å². The Morgan fingerprint density at radius 1 is 0.409 bits per heavy atom. The smallest absolute Gasteiger partial charge is 0.456 e. The summed E-state index contributed by atoms with van der Waals surface area (Å²) < 4.78 is 66.1. The van der Waals surface area contributed by atoms with Crippen molar-refractivity contribution >= 4 is 78.7 Å². The predicted molar refractivity (Wildman–Crippen MR) is 265 cm³/mol. The molecule has 0 fully saturated rings. The van der Waals surface area contributed by atoms with Crippen LogP contribution in [0.3, 0.4) is 0 Å². The van der Waals surface area contributed by atoms with E-state index < -0.39 is 23.7 Å². The zero-order valence-corrected chi connectivity index (χ0v) is 40.4. The van der Waals surface area contributed by atoms with Gasteiger partial charge in [-0.05, 0) is 87.3 Å². The van der Waals surface area contributed by atoms with Crippen LogP contribution in [0.2, 0.25) is 0 Å². The number of hydrogen-bond donors (Lipinski definition) is 0. The number of benzene rings is 6. The number of para-hydroxylation sites is 2. The average Bonchev–Trinajstić information content (AvgIpc) is 3.26. The third-order valence-electron chi connectivity index (χ3n) is 8.53. The van der Waals surface area contributed by atoms with Crippen molar-refractivity contribution in [3.8, 4) is 22.9 Å². The largest absolute Gasteiger partial charge is 1.00 e. The number of rotatable bonds is 9. The molecule has 2 heterocycles. The Morgan fingerprint density at radius 2 is 0.652 bits per heavy atom. The van der Waals surface area contributed by atoms with Crippen LogP contribution in [0.25, 0.3) is 11.4 Å². The standard InChI is InChI=1S/C36H28OP2.C12H12N2.CH2Cl2.Cu.F6P.2H2O/c1-5-17-29(18-6-1)38(30-19-7-2-8-20-30)35-27-15-13-25-33(35)37-34-26-14-16-28-36(34)39(31-21-9-3-10-22-31)32-23-11-4-12-24-32;1-9-5-3-7-11(13-9)12-8-4-6-10(2)14-12;2-1-3;;1-7(2,3,4,5)6;;/h1-28H;3-8H,1-2H3;1H2;;;2*1H2/q;;;+1;-1;;. The van der Waals surface area contributed by atoms with Gasteiger partial charge >= 0.3 is 50.1 Å². The molecular weight excluding hydrogens is 1010 g/mol. The molecule has 0 saturated carbocycles. The molecule has 8 rings (SSSR count). The number of aromatic nitrogens is 2. The maximum Gasteiger partial charge on any atom is 1.00 e. The van der Waals surface area contributed by atoms with E-state index in [1.54, 1.807) is 0 Å². The number of halogens is 8. The van der Waals surface area contributed by atoms with Gasteiger partial charge in [-0.1, -0.05) is 170 Å². The van der Waals surface area contributed by atoms with Crippen LogP contribution in [0.1, 0.15) is 11.4 Å². The zero-order valence-electron chi connectivity index (χ0n) is 35.3. The summed E-state index contributed by atoms with van der Waals surface area (Å²) >= 11 is 9.53. The average molecular weight is 1050 g/mol. The number of hydrogen-bond acceptors (Lipinski definition) is 3. The van der Waals surface area contributed by atoms with Gasteiger partial charge in [-0.3, -0.25) is 9.97 Å². The van der Waals surface area contributed by atoms with Crippen LogP contribution in [0.5, 0.6) is 11.5 Å². The molecule has 0 aliphatic carbocycles. The summed E-state index contributed by atoms with van der Waals surface area (Å²) in [4.78, 5) is 8.84.